The summed E-state index contributed by atoms with van der Waals surface area (Å²) >= 11 is 3.21. The smallest absolute Gasteiger partial charge is 0.268 e. The maximum absolute atomic E-state index is 12.4. The van der Waals surface area contributed by atoms with E-state index in [0.717, 1.165) is 0 Å². The number of carbonyl (C=O) groups excluding carboxylic acids is 1. The molecule has 6 nitrogen and oxygen atoms in total. The quantitative estimate of drug-likeness (QED) is 0.852. The second-order valence-corrected chi connectivity index (χ2v) is 6.92. The zero-order valence-corrected chi connectivity index (χ0v) is 14.3. The number of hydrogen-bond acceptors (Lipinski definition) is 5. The first-order chi connectivity index (χ1) is 10.3. The predicted molar refractivity (Wildman–Crippen MR) is 83.4 cm³/mol. The monoisotopic (exact) mass is 387 g/mol. The van der Waals surface area contributed by atoms with Crippen molar-refractivity contribution >= 4 is 31.9 Å². The summed E-state index contributed by atoms with van der Waals surface area (Å²) in [6.07, 6.45) is 1.32. The molecule has 0 aliphatic rings. The third kappa shape index (κ3) is 3.50. The van der Waals surface area contributed by atoms with E-state index in [2.05, 4.69) is 15.9 Å². The highest BCUT2D eigenvalue weighted by atomic mass is 79.9. The van der Waals surface area contributed by atoms with Crippen molar-refractivity contribution < 1.29 is 22.4 Å². The zero-order valence-electron chi connectivity index (χ0n) is 11.9. The number of rotatable bonds is 5. The van der Waals surface area contributed by atoms with Crippen LogP contribution in [0.25, 0.3) is 0 Å². The van der Waals surface area contributed by atoms with Gasteiger partial charge in [-0.1, -0.05) is 15.9 Å². The Kier molecular flexibility index (Phi) is 4.92. The highest BCUT2D eigenvalue weighted by Gasteiger charge is 2.24. The third-order valence-corrected chi connectivity index (χ3v) is 4.67. The molecule has 8 heteroatoms. The van der Waals surface area contributed by atoms with E-state index in [1.54, 1.807) is 19.9 Å². The van der Waals surface area contributed by atoms with Crippen LogP contribution in [0.15, 0.2) is 44.3 Å². The van der Waals surface area contributed by atoms with E-state index >= 15 is 0 Å². The minimum absolute atomic E-state index is 0.113. The number of carbonyl (C=O) groups is 1. The van der Waals surface area contributed by atoms with Crippen molar-refractivity contribution in [1.82, 2.24) is 4.72 Å². The molecule has 0 fully saturated rings. The van der Waals surface area contributed by atoms with Crippen LogP contribution in [0, 0.1) is 6.92 Å². The zero-order chi connectivity index (χ0) is 16.3. The number of nitrogens with one attached hydrogen (secondary N) is 1. The Balaban J connectivity index is 2.37. The normalized spacial score (nSPS) is 11.2. The van der Waals surface area contributed by atoms with E-state index in [1.807, 2.05) is 4.72 Å². The van der Waals surface area contributed by atoms with Crippen LogP contribution in [0.2, 0.25) is 0 Å². The van der Waals surface area contributed by atoms with Gasteiger partial charge in [-0.3, -0.25) is 4.79 Å². The summed E-state index contributed by atoms with van der Waals surface area (Å²) < 4.78 is 37.7. The molecule has 0 aliphatic carbocycles. The summed E-state index contributed by atoms with van der Waals surface area (Å²) in [4.78, 5) is 12.0. The molecule has 1 amide bonds. The highest BCUT2D eigenvalue weighted by Crippen LogP contribution is 2.27. The number of furan rings is 1. The van der Waals surface area contributed by atoms with Crippen LogP contribution in [0.4, 0.5) is 0 Å². The number of halogens is 1. The molecule has 1 heterocycles. The van der Waals surface area contributed by atoms with E-state index in [9.17, 15) is 13.2 Å². The molecule has 118 valence electrons. The van der Waals surface area contributed by atoms with Crippen LogP contribution in [0.5, 0.6) is 5.75 Å². The van der Waals surface area contributed by atoms with Crippen LogP contribution >= 0.6 is 15.9 Å². The molecule has 2 rings (SSSR count). The number of hydrogen-bond donors (Lipinski definition) is 1. The van der Waals surface area contributed by atoms with Gasteiger partial charge in [0.1, 0.15) is 16.4 Å². The van der Waals surface area contributed by atoms with Gasteiger partial charge in [-0.25, -0.2) is 13.1 Å². The van der Waals surface area contributed by atoms with Crippen molar-refractivity contribution in [2.75, 3.05) is 6.61 Å². The summed E-state index contributed by atoms with van der Waals surface area (Å²) in [5.41, 5.74) is 0.163. The Morgan fingerprint density at radius 1 is 1.36 bits per heavy atom. The van der Waals surface area contributed by atoms with E-state index in [-0.39, 0.29) is 16.2 Å². The van der Waals surface area contributed by atoms with Crippen LogP contribution < -0.4 is 9.46 Å². The standard InChI is InChI=1S/C14H14BrNO5S/c1-3-20-12-5-4-10(15)8-13(12)22(18,19)16-14(17)11-6-7-21-9(11)2/h4-8H,3H2,1-2H3,(H,16,17). The number of sulfonamides is 1. The molecule has 0 saturated heterocycles. The van der Waals surface area contributed by atoms with Crippen LogP contribution in [0.1, 0.15) is 23.0 Å². The lowest BCUT2D eigenvalue weighted by molar-refractivity contribution is 0.0980. The second-order valence-electron chi connectivity index (χ2n) is 4.35. The molecule has 1 aromatic heterocycles. The lowest BCUT2D eigenvalue weighted by Crippen LogP contribution is -2.31. The van der Waals surface area contributed by atoms with Gasteiger partial charge < -0.3 is 9.15 Å². The summed E-state index contributed by atoms with van der Waals surface area (Å²) in [6.45, 7) is 3.62. The number of ether oxygens (including phenoxy) is 1. The molecule has 0 aliphatic heterocycles. The fourth-order valence-electron chi connectivity index (χ4n) is 1.82. The van der Waals surface area contributed by atoms with Crippen molar-refractivity contribution in [2.24, 2.45) is 0 Å². The Bertz CT molecular complexity index is 797. The molecular formula is C14H14BrNO5S. The van der Waals surface area contributed by atoms with Gasteiger partial charge in [-0.2, -0.15) is 0 Å². The van der Waals surface area contributed by atoms with Crippen molar-refractivity contribution in [3.8, 4) is 5.75 Å². The van der Waals surface area contributed by atoms with Crippen molar-refractivity contribution in [3.05, 3.63) is 46.3 Å². The van der Waals surface area contributed by atoms with E-state index in [1.165, 1.54) is 24.5 Å². The molecule has 0 unspecified atom stereocenters. The largest absolute Gasteiger partial charge is 0.492 e. The molecule has 0 saturated carbocycles. The van der Waals surface area contributed by atoms with Gasteiger partial charge in [0.05, 0.1) is 18.4 Å². The molecule has 1 aromatic carbocycles. The molecular weight excluding hydrogens is 374 g/mol. The van der Waals surface area contributed by atoms with Crippen molar-refractivity contribution in [3.63, 3.8) is 0 Å². The van der Waals surface area contributed by atoms with Gasteiger partial charge in [-0.15, -0.1) is 0 Å². The minimum Gasteiger partial charge on any atom is -0.492 e. The summed E-state index contributed by atoms with van der Waals surface area (Å²) in [5.74, 6) is -0.240. The molecule has 0 atom stereocenters. The summed E-state index contributed by atoms with van der Waals surface area (Å²) in [6, 6.07) is 5.97. The second kappa shape index (κ2) is 6.53. The minimum atomic E-state index is -4.07. The molecule has 22 heavy (non-hydrogen) atoms. The highest BCUT2D eigenvalue weighted by molar-refractivity contribution is 9.10. The SMILES string of the molecule is CCOc1ccc(Br)cc1S(=O)(=O)NC(=O)c1ccoc1C. The lowest BCUT2D eigenvalue weighted by Gasteiger charge is -2.12. The van der Waals surface area contributed by atoms with Crippen LogP contribution in [-0.4, -0.2) is 20.9 Å². The molecule has 2 aromatic rings. The topological polar surface area (TPSA) is 85.6 Å². The summed E-state index contributed by atoms with van der Waals surface area (Å²) in [7, 11) is -4.07. The maximum Gasteiger partial charge on any atom is 0.268 e. The average molecular weight is 388 g/mol. The Morgan fingerprint density at radius 2 is 2.09 bits per heavy atom. The van der Waals surface area contributed by atoms with Gasteiger partial charge >= 0.3 is 0 Å². The average Bonchev–Trinajstić information content (AvgIpc) is 2.87. The van der Waals surface area contributed by atoms with Crippen molar-refractivity contribution in [2.45, 2.75) is 18.7 Å². The van der Waals surface area contributed by atoms with Gasteiger partial charge in [-0.05, 0) is 38.1 Å². The van der Waals surface area contributed by atoms with Gasteiger partial charge in [0.25, 0.3) is 15.9 Å². The number of amides is 1. The Morgan fingerprint density at radius 3 is 2.68 bits per heavy atom. The van der Waals surface area contributed by atoms with Crippen LogP contribution in [-0.2, 0) is 10.0 Å². The summed E-state index contributed by atoms with van der Waals surface area (Å²) in [5, 5.41) is 0. The van der Waals surface area contributed by atoms with E-state index in [0.29, 0.717) is 16.8 Å². The first kappa shape index (κ1) is 16.6. The van der Waals surface area contributed by atoms with Crippen molar-refractivity contribution in [1.29, 1.82) is 0 Å². The molecule has 1 N–H and O–H groups in total. The van der Waals surface area contributed by atoms with E-state index in [4.69, 9.17) is 9.15 Å². The number of aryl methyl sites for hydroxylation is 1. The fourth-order valence-corrected chi connectivity index (χ4v) is 3.47. The first-order valence-corrected chi connectivity index (χ1v) is 8.66. The molecule has 0 radical (unpaired) electrons. The lowest BCUT2D eigenvalue weighted by atomic mass is 10.2. The van der Waals surface area contributed by atoms with Gasteiger partial charge in [0, 0.05) is 4.47 Å². The Labute approximate surface area is 136 Å². The van der Waals surface area contributed by atoms with Gasteiger partial charge in [0.15, 0.2) is 0 Å². The Hall–Kier alpha value is -1.80. The number of benzene rings is 1. The van der Waals surface area contributed by atoms with Crippen LogP contribution in [0.3, 0.4) is 0 Å². The van der Waals surface area contributed by atoms with E-state index < -0.39 is 15.9 Å². The predicted octanol–water partition coefficient (Wildman–Crippen LogP) is 2.87. The maximum atomic E-state index is 12.4. The first-order valence-electron chi connectivity index (χ1n) is 6.38. The fraction of sp³-hybridized carbons (Fsp3) is 0.214. The van der Waals surface area contributed by atoms with Gasteiger partial charge in [0.2, 0.25) is 0 Å². The molecule has 0 spiro atoms. The molecule has 0 bridgehead atoms. The third-order valence-electron chi connectivity index (χ3n) is 2.83.